The number of ether oxygens (including phenoxy) is 2. The van der Waals surface area contributed by atoms with Gasteiger partial charge in [-0.15, -0.1) is 0 Å². The van der Waals surface area contributed by atoms with Gasteiger partial charge in [0.1, 0.15) is 18.2 Å². The Balaban J connectivity index is 1.28. The van der Waals surface area contributed by atoms with Crippen LogP contribution in [0, 0.1) is 5.82 Å². The number of halogens is 1. The number of fused-ring (bicyclic) bond motifs is 1. The van der Waals surface area contributed by atoms with E-state index >= 15 is 0 Å². The summed E-state index contributed by atoms with van der Waals surface area (Å²) in [5, 5.41) is 2.71. The number of nitrogens with one attached hydrogen (secondary N) is 1. The molecule has 6 nitrogen and oxygen atoms in total. The van der Waals surface area contributed by atoms with Crippen LogP contribution in [0.1, 0.15) is 17.5 Å². The SMILES string of the molecule is O=C1Nc2cc(F)ccc2/C1=C1/C=C(c2ccn(CCCN3CCOCC3)c2)CO1. The Bertz CT molecular complexity index is 1030. The van der Waals surface area contributed by atoms with Gasteiger partial charge in [0.2, 0.25) is 0 Å². The highest BCUT2D eigenvalue weighted by Gasteiger charge is 2.30. The summed E-state index contributed by atoms with van der Waals surface area (Å²) in [6, 6.07) is 6.38. The molecule has 5 rings (SSSR count). The number of benzene rings is 1. The first-order valence-electron chi connectivity index (χ1n) is 10.3. The zero-order chi connectivity index (χ0) is 20.5. The lowest BCUT2D eigenvalue weighted by Gasteiger charge is -2.26. The van der Waals surface area contributed by atoms with E-state index < -0.39 is 0 Å². The van der Waals surface area contributed by atoms with Crippen LogP contribution >= 0.6 is 0 Å². The van der Waals surface area contributed by atoms with Crippen LogP contribution in [0.3, 0.4) is 0 Å². The number of allylic oxidation sites excluding steroid dienone is 1. The summed E-state index contributed by atoms with van der Waals surface area (Å²) in [4.78, 5) is 14.8. The zero-order valence-corrected chi connectivity index (χ0v) is 16.7. The Morgan fingerprint density at radius 3 is 2.87 bits per heavy atom. The fraction of sp³-hybridized carbons (Fsp3) is 0.348. The number of morpholine rings is 1. The molecule has 0 unspecified atom stereocenters. The van der Waals surface area contributed by atoms with Crippen LogP contribution < -0.4 is 5.32 Å². The minimum absolute atomic E-state index is 0.260. The Kier molecular flexibility index (Phi) is 5.14. The normalized spacial score (nSPS) is 21.4. The van der Waals surface area contributed by atoms with Crippen LogP contribution in [-0.4, -0.2) is 54.8 Å². The van der Waals surface area contributed by atoms with Gasteiger partial charge in [-0.25, -0.2) is 4.39 Å². The molecule has 0 saturated carbocycles. The van der Waals surface area contributed by atoms with Crippen molar-refractivity contribution < 1.29 is 18.7 Å². The van der Waals surface area contributed by atoms with Gasteiger partial charge in [0.25, 0.3) is 5.91 Å². The molecule has 1 amide bonds. The second-order valence-corrected chi connectivity index (χ2v) is 7.79. The third-order valence-electron chi connectivity index (χ3n) is 5.78. The maximum absolute atomic E-state index is 13.5. The maximum Gasteiger partial charge on any atom is 0.260 e. The lowest BCUT2D eigenvalue weighted by Crippen LogP contribution is -2.37. The van der Waals surface area contributed by atoms with Gasteiger partial charge in [-0.05, 0) is 42.3 Å². The summed E-state index contributed by atoms with van der Waals surface area (Å²) >= 11 is 0. The Labute approximate surface area is 174 Å². The molecular formula is C23H24FN3O3. The fourth-order valence-corrected chi connectivity index (χ4v) is 4.17. The third kappa shape index (κ3) is 3.78. The van der Waals surface area contributed by atoms with Crippen molar-refractivity contribution in [2.45, 2.75) is 13.0 Å². The Morgan fingerprint density at radius 1 is 1.13 bits per heavy atom. The van der Waals surface area contributed by atoms with Crippen molar-refractivity contribution in [2.75, 3.05) is 44.8 Å². The number of carbonyl (C=O) groups is 1. The average molecular weight is 409 g/mol. The minimum atomic E-state index is -0.376. The summed E-state index contributed by atoms with van der Waals surface area (Å²) in [5.41, 5.74) is 3.75. The molecule has 3 aliphatic heterocycles. The zero-order valence-electron chi connectivity index (χ0n) is 16.7. The standard InChI is InChI=1S/C23H24FN3O3/c24-18-2-3-19-20(13-18)25-23(28)22(19)21-12-17(15-30-21)16-4-7-27(14-16)6-1-5-26-8-10-29-11-9-26/h2-4,7,12-14H,1,5-6,8-11,15H2,(H,25,28)/b22-21+. The topological polar surface area (TPSA) is 55.7 Å². The molecule has 156 valence electrons. The van der Waals surface area contributed by atoms with Gasteiger partial charge in [0.05, 0.1) is 24.5 Å². The number of hydrogen-bond donors (Lipinski definition) is 1. The van der Waals surface area contributed by atoms with Crippen molar-refractivity contribution in [1.82, 2.24) is 9.47 Å². The average Bonchev–Trinajstić information content (AvgIpc) is 3.46. The van der Waals surface area contributed by atoms with Gasteiger partial charge in [0.15, 0.2) is 0 Å². The van der Waals surface area contributed by atoms with Gasteiger partial charge in [-0.3, -0.25) is 9.69 Å². The second-order valence-electron chi connectivity index (χ2n) is 7.79. The highest BCUT2D eigenvalue weighted by Crippen LogP contribution is 2.38. The van der Waals surface area contributed by atoms with Crippen LogP contribution in [0.15, 0.2) is 48.5 Å². The van der Waals surface area contributed by atoms with E-state index in [0.29, 0.717) is 29.2 Å². The molecular weight excluding hydrogens is 385 g/mol. The number of amides is 1. The third-order valence-corrected chi connectivity index (χ3v) is 5.78. The monoisotopic (exact) mass is 409 g/mol. The second kappa shape index (κ2) is 8.08. The summed E-state index contributed by atoms with van der Waals surface area (Å²) in [5.74, 6) is -0.101. The number of hydrogen-bond acceptors (Lipinski definition) is 4. The summed E-state index contributed by atoms with van der Waals surface area (Å²) in [7, 11) is 0. The molecule has 3 aliphatic rings. The molecule has 1 saturated heterocycles. The van der Waals surface area contributed by atoms with Crippen LogP contribution in [0.4, 0.5) is 10.1 Å². The van der Waals surface area contributed by atoms with Gasteiger partial charge in [-0.1, -0.05) is 0 Å². The molecule has 1 aromatic heterocycles. The predicted octanol–water partition coefficient (Wildman–Crippen LogP) is 3.13. The number of carbonyl (C=O) groups excluding carboxylic acids is 1. The number of aromatic nitrogens is 1. The smallest absolute Gasteiger partial charge is 0.260 e. The van der Waals surface area contributed by atoms with E-state index in [9.17, 15) is 9.18 Å². The molecule has 30 heavy (non-hydrogen) atoms. The van der Waals surface area contributed by atoms with Crippen LogP contribution in [0.2, 0.25) is 0 Å². The van der Waals surface area contributed by atoms with Crippen molar-refractivity contribution in [3.8, 4) is 0 Å². The first kappa shape index (κ1) is 19.1. The number of aryl methyl sites for hydroxylation is 1. The fourth-order valence-electron chi connectivity index (χ4n) is 4.17. The Morgan fingerprint density at radius 2 is 2.00 bits per heavy atom. The molecule has 0 spiro atoms. The van der Waals surface area contributed by atoms with Gasteiger partial charge >= 0.3 is 0 Å². The molecule has 4 heterocycles. The van der Waals surface area contributed by atoms with Gasteiger partial charge in [-0.2, -0.15) is 0 Å². The predicted molar refractivity (Wildman–Crippen MR) is 112 cm³/mol. The van der Waals surface area contributed by atoms with Crippen molar-refractivity contribution in [1.29, 1.82) is 0 Å². The molecule has 0 atom stereocenters. The van der Waals surface area contributed by atoms with E-state index in [1.165, 1.54) is 12.1 Å². The van der Waals surface area contributed by atoms with E-state index in [1.807, 2.05) is 6.08 Å². The molecule has 1 N–H and O–H groups in total. The lowest BCUT2D eigenvalue weighted by molar-refractivity contribution is -0.110. The highest BCUT2D eigenvalue weighted by atomic mass is 19.1. The molecule has 0 radical (unpaired) electrons. The first-order chi connectivity index (χ1) is 14.7. The highest BCUT2D eigenvalue weighted by molar-refractivity contribution is 6.32. The van der Waals surface area contributed by atoms with Crippen molar-refractivity contribution in [3.63, 3.8) is 0 Å². The van der Waals surface area contributed by atoms with E-state index in [-0.39, 0.29) is 11.7 Å². The lowest BCUT2D eigenvalue weighted by atomic mass is 10.0. The summed E-state index contributed by atoms with van der Waals surface area (Å²) in [6.07, 6.45) is 7.22. The quantitative estimate of drug-likeness (QED) is 0.771. The first-order valence-corrected chi connectivity index (χ1v) is 10.3. The van der Waals surface area contributed by atoms with Crippen molar-refractivity contribution in [2.24, 2.45) is 0 Å². The summed E-state index contributed by atoms with van der Waals surface area (Å²) < 4.78 is 26.9. The Hall–Kier alpha value is -2.90. The van der Waals surface area contributed by atoms with E-state index in [4.69, 9.17) is 9.47 Å². The van der Waals surface area contributed by atoms with Crippen molar-refractivity contribution in [3.05, 3.63) is 65.4 Å². The van der Waals surface area contributed by atoms with Crippen LogP contribution in [0.25, 0.3) is 11.1 Å². The van der Waals surface area contributed by atoms with Gasteiger partial charge < -0.3 is 19.4 Å². The van der Waals surface area contributed by atoms with E-state index in [2.05, 4.69) is 33.2 Å². The van der Waals surface area contributed by atoms with Crippen molar-refractivity contribution >= 4 is 22.7 Å². The minimum Gasteiger partial charge on any atom is -0.488 e. The number of nitrogens with zero attached hydrogens (tertiary/aromatic N) is 2. The molecule has 1 aromatic carbocycles. The van der Waals surface area contributed by atoms with Gasteiger partial charge in [0, 0.05) is 49.7 Å². The summed E-state index contributed by atoms with van der Waals surface area (Å²) in [6.45, 7) is 6.15. The maximum atomic E-state index is 13.5. The van der Waals surface area contributed by atoms with E-state index in [0.717, 1.165) is 57.0 Å². The van der Waals surface area contributed by atoms with Crippen LogP contribution in [0.5, 0.6) is 0 Å². The van der Waals surface area contributed by atoms with Crippen LogP contribution in [-0.2, 0) is 20.8 Å². The molecule has 7 heteroatoms. The molecule has 0 aliphatic carbocycles. The number of rotatable bonds is 5. The molecule has 0 bridgehead atoms. The molecule has 1 fully saturated rings. The largest absolute Gasteiger partial charge is 0.488 e. The number of anilines is 1. The molecule has 2 aromatic rings. The van der Waals surface area contributed by atoms with E-state index in [1.54, 1.807) is 6.07 Å².